The molecular weight excluding hydrogens is 294 g/mol. The van der Waals surface area contributed by atoms with Gasteiger partial charge in [-0.2, -0.15) is 13.5 Å². The number of hydrogen-bond donors (Lipinski definition) is 0. The van der Waals surface area contributed by atoms with Crippen molar-refractivity contribution in [3.63, 3.8) is 0 Å². The van der Waals surface area contributed by atoms with Crippen molar-refractivity contribution in [3.8, 4) is 0 Å². The Morgan fingerprint density at radius 2 is 1.00 bits per heavy atom. The van der Waals surface area contributed by atoms with Crippen LogP contribution in [-0.2, 0) is 0 Å². The second kappa shape index (κ2) is 19.1. The van der Waals surface area contributed by atoms with Crippen molar-refractivity contribution in [1.29, 1.82) is 0 Å². The van der Waals surface area contributed by atoms with Gasteiger partial charge in [0.2, 0.25) is 0 Å². The van der Waals surface area contributed by atoms with E-state index in [0.29, 0.717) is 0 Å². The molecule has 0 rings (SSSR count). The van der Waals surface area contributed by atoms with Gasteiger partial charge in [0.05, 0.1) is 0 Å². The van der Waals surface area contributed by atoms with E-state index in [-0.39, 0.29) is 30.5 Å². The first kappa shape index (κ1) is 22.9. The monoisotopic (exact) mass is 327 g/mol. The Labute approximate surface area is 127 Å². The highest BCUT2D eigenvalue weighted by molar-refractivity contribution is 8.93. The number of hydrogen-bond acceptors (Lipinski definition) is 1. The molecule has 0 aromatic carbocycles. The van der Waals surface area contributed by atoms with Gasteiger partial charge in [-0.05, 0) is 27.1 Å². The SMILES string of the molecule is Br.CCCCCCCCCCCCN(C)C.S. The van der Waals surface area contributed by atoms with Crippen molar-refractivity contribution in [1.82, 2.24) is 4.90 Å². The summed E-state index contributed by atoms with van der Waals surface area (Å²) in [5.41, 5.74) is 0. The Morgan fingerprint density at radius 3 is 1.35 bits per heavy atom. The molecule has 0 aromatic heterocycles. The van der Waals surface area contributed by atoms with Gasteiger partial charge in [0, 0.05) is 0 Å². The summed E-state index contributed by atoms with van der Waals surface area (Å²) in [6, 6.07) is 0. The molecule has 0 aliphatic heterocycles. The van der Waals surface area contributed by atoms with Gasteiger partial charge in [-0.25, -0.2) is 0 Å². The molecule has 0 heterocycles. The fraction of sp³-hybridized carbons (Fsp3) is 1.00. The van der Waals surface area contributed by atoms with Gasteiger partial charge in [-0.15, -0.1) is 17.0 Å². The van der Waals surface area contributed by atoms with E-state index in [1.54, 1.807) is 0 Å². The van der Waals surface area contributed by atoms with Crippen LogP contribution in [-0.4, -0.2) is 25.5 Å². The highest BCUT2D eigenvalue weighted by Gasteiger charge is 1.93. The van der Waals surface area contributed by atoms with Crippen molar-refractivity contribution in [2.24, 2.45) is 0 Å². The first-order valence-corrected chi connectivity index (χ1v) is 6.92. The van der Waals surface area contributed by atoms with Crippen LogP contribution >= 0.6 is 30.5 Å². The average molecular weight is 328 g/mol. The molecule has 0 spiro atoms. The molecule has 0 atom stereocenters. The summed E-state index contributed by atoms with van der Waals surface area (Å²) < 4.78 is 0. The topological polar surface area (TPSA) is 3.24 Å². The molecule has 0 aliphatic rings. The van der Waals surface area contributed by atoms with Gasteiger partial charge >= 0.3 is 0 Å². The largest absolute Gasteiger partial charge is 0.309 e. The number of rotatable bonds is 11. The predicted octanol–water partition coefficient (Wildman–Crippen LogP) is 5.16. The van der Waals surface area contributed by atoms with Crippen molar-refractivity contribution >= 4 is 30.5 Å². The molecule has 0 bridgehead atoms. The van der Waals surface area contributed by atoms with E-state index >= 15 is 0 Å². The first-order valence-electron chi connectivity index (χ1n) is 6.92. The smallest absolute Gasteiger partial charge is 0.00248 e. The third-order valence-corrected chi connectivity index (χ3v) is 2.96. The molecular formula is C14H34BrNS. The summed E-state index contributed by atoms with van der Waals surface area (Å²) in [4.78, 5) is 2.28. The molecule has 0 N–H and O–H groups in total. The minimum absolute atomic E-state index is 0. The summed E-state index contributed by atoms with van der Waals surface area (Å²) in [5, 5.41) is 0. The van der Waals surface area contributed by atoms with Crippen LogP contribution in [0, 0.1) is 0 Å². The Kier molecular flexibility index (Phi) is 25.8. The molecule has 17 heavy (non-hydrogen) atoms. The Bertz CT molecular complexity index is 121. The van der Waals surface area contributed by atoms with Crippen molar-refractivity contribution < 1.29 is 0 Å². The van der Waals surface area contributed by atoms with Crippen LogP contribution in [0.3, 0.4) is 0 Å². The molecule has 3 heteroatoms. The Morgan fingerprint density at radius 1 is 0.647 bits per heavy atom. The summed E-state index contributed by atoms with van der Waals surface area (Å²) >= 11 is 0. The molecule has 0 saturated heterocycles. The molecule has 0 aromatic rings. The van der Waals surface area contributed by atoms with Crippen LogP contribution in [0.5, 0.6) is 0 Å². The normalized spacial score (nSPS) is 9.88. The zero-order valence-electron chi connectivity index (χ0n) is 12.1. The van der Waals surface area contributed by atoms with E-state index in [9.17, 15) is 0 Å². The van der Waals surface area contributed by atoms with Crippen molar-refractivity contribution in [3.05, 3.63) is 0 Å². The lowest BCUT2D eigenvalue weighted by Gasteiger charge is -2.08. The Hall–Kier alpha value is 0.790. The van der Waals surface area contributed by atoms with E-state index in [2.05, 4.69) is 25.9 Å². The van der Waals surface area contributed by atoms with Crippen LogP contribution < -0.4 is 0 Å². The van der Waals surface area contributed by atoms with Crippen molar-refractivity contribution in [2.75, 3.05) is 20.6 Å². The number of unbranched alkanes of at least 4 members (excludes halogenated alkanes) is 9. The van der Waals surface area contributed by atoms with Gasteiger partial charge < -0.3 is 4.90 Å². The van der Waals surface area contributed by atoms with Gasteiger partial charge in [-0.1, -0.05) is 64.7 Å². The average Bonchev–Trinajstić information content (AvgIpc) is 2.20. The molecule has 0 saturated carbocycles. The summed E-state index contributed by atoms with van der Waals surface area (Å²) in [7, 11) is 4.32. The highest BCUT2D eigenvalue weighted by atomic mass is 79.9. The third kappa shape index (κ3) is 22.5. The zero-order valence-corrected chi connectivity index (χ0v) is 14.8. The van der Waals surface area contributed by atoms with Crippen LogP contribution in [0.4, 0.5) is 0 Å². The van der Waals surface area contributed by atoms with E-state index in [1.165, 1.54) is 70.8 Å². The fourth-order valence-corrected chi connectivity index (χ4v) is 1.92. The second-order valence-electron chi connectivity index (χ2n) is 4.99. The van der Waals surface area contributed by atoms with Crippen LogP contribution in [0.15, 0.2) is 0 Å². The van der Waals surface area contributed by atoms with Gasteiger partial charge in [-0.3, -0.25) is 0 Å². The maximum atomic E-state index is 2.28. The zero-order chi connectivity index (χ0) is 11.4. The van der Waals surface area contributed by atoms with E-state index in [4.69, 9.17) is 0 Å². The first-order chi connectivity index (χ1) is 7.27. The van der Waals surface area contributed by atoms with E-state index in [0.717, 1.165) is 0 Å². The second-order valence-corrected chi connectivity index (χ2v) is 4.99. The van der Waals surface area contributed by atoms with Crippen LogP contribution in [0.2, 0.25) is 0 Å². The molecule has 0 radical (unpaired) electrons. The summed E-state index contributed by atoms with van der Waals surface area (Å²) in [6.07, 6.45) is 14.4. The van der Waals surface area contributed by atoms with Crippen LogP contribution in [0.1, 0.15) is 71.1 Å². The molecule has 1 nitrogen and oxygen atoms in total. The standard InChI is InChI=1S/C14H31N.BrH.H2S/c1-4-5-6-7-8-9-10-11-12-13-14-15(2)3;;/h4-14H2,1-3H3;1H;1H2. The minimum Gasteiger partial charge on any atom is -0.309 e. The van der Waals surface area contributed by atoms with E-state index < -0.39 is 0 Å². The number of halogens is 1. The maximum Gasteiger partial charge on any atom is -0.00248 e. The maximum absolute atomic E-state index is 2.28. The minimum atomic E-state index is 0. The Balaban J connectivity index is -0.000000980. The predicted molar refractivity (Wildman–Crippen MR) is 91.1 cm³/mol. The lowest BCUT2D eigenvalue weighted by molar-refractivity contribution is 0.389. The molecule has 0 fully saturated rings. The summed E-state index contributed by atoms with van der Waals surface area (Å²) in [6.45, 7) is 3.54. The number of nitrogens with zero attached hydrogens (tertiary/aromatic N) is 1. The lowest BCUT2D eigenvalue weighted by atomic mass is 10.1. The third-order valence-electron chi connectivity index (χ3n) is 2.96. The molecule has 0 unspecified atom stereocenters. The lowest BCUT2D eigenvalue weighted by Crippen LogP contribution is -2.12. The van der Waals surface area contributed by atoms with Crippen LogP contribution in [0.25, 0.3) is 0 Å². The summed E-state index contributed by atoms with van der Waals surface area (Å²) in [5.74, 6) is 0. The molecule has 108 valence electrons. The molecule has 0 aliphatic carbocycles. The van der Waals surface area contributed by atoms with E-state index in [1.807, 2.05) is 0 Å². The van der Waals surface area contributed by atoms with Crippen molar-refractivity contribution in [2.45, 2.75) is 71.1 Å². The van der Waals surface area contributed by atoms with Gasteiger partial charge in [0.25, 0.3) is 0 Å². The quantitative estimate of drug-likeness (QED) is 0.474. The highest BCUT2D eigenvalue weighted by Crippen LogP contribution is 2.10. The fourth-order valence-electron chi connectivity index (χ4n) is 1.92. The van der Waals surface area contributed by atoms with Gasteiger partial charge in [0.1, 0.15) is 0 Å². The van der Waals surface area contributed by atoms with Gasteiger partial charge in [0.15, 0.2) is 0 Å². The molecule has 0 amide bonds.